The lowest BCUT2D eigenvalue weighted by atomic mass is 9.71. The number of benzene rings is 2. The first-order valence-electron chi connectivity index (χ1n) is 11.5. The van der Waals surface area contributed by atoms with E-state index in [2.05, 4.69) is 19.1 Å². The third-order valence-electron chi connectivity index (χ3n) is 7.38. The molecule has 0 radical (unpaired) electrons. The van der Waals surface area contributed by atoms with E-state index in [0.717, 1.165) is 42.7 Å². The van der Waals surface area contributed by atoms with Gasteiger partial charge < -0.3 is 14.4 Å². The Balaban J connectivity index is 1.51. The highest BCUT2D eigenvalue weighted by Gasteiger charge is 2.46. The largest absolute Gasteiger partial charge is 0.486 e. The number of amides is 1. The molecule has 0 unspecified atom stereocenters. The van der Waals surface area contributed by atoms with Crippen LogP contribution < -0.4 is 9.47 Å². The molecule has 0 N–H and O–H groups in total. The van der Waals surface area contributed by atoms with Gasteiger partial charge in [-0.2, -0.15) is 0 Å². The molecule has 176 valence electrons. The zero-order valence-corrected chi connectivity index (χ0v) is 20.2. The number of ether oxygens (including phenoxy) is 2. The molecule has 1 aliphatic carbocycles. The highest BCUT2D eigenvalue weighted by Crippen LogP contribution is 2.52. The highest BCUT2D eigenvalue weighted by molar-refractivity contribution is 7.89. The van der Waals surface area contributed by atoms with Crippen LogP contribution in [0.2, 0.25) is 0 Å². The van der Waals surface area contributed by atoms with Crippen molar-refractivity contribution in [2.75, 3.05) is 33.9 Å². The zero-order chi connectivity index (χ0) is 23.4. The van der Waals surface area contributed by atoms with Crippen LogP contribution in [-0.4, -0.2) is 57.4 Å². The summed E-state index contributed by atoms with van der Waals surface area (Å²) in [4.78, 5) is 15.8. The van der Waals surface area contributed by atoms with Gasteiger partial charge in [0.05, 0.1) is 10.9 Å². The Morgan fingerprint density at radius 3 is 2.24 bits per heavy atom. The summed E-state index contributed by atoms with van der Waals surface area (Å²) in [7, 11) is -0.548. The summed E-state index contributed by atoms with van der Waals surface area (Å²) in [5, 5.41) is 0. The molecular formula is C25H30N2O5S. The topological polar surface area (TPSA) is 76.2 Å². The number of hydrogen-bond donors (Lipinski definition) is 0. The predicted molar refractivity (Wildman–Crippen MR) is 124 cm³/mol. The number of carbonyl (C=O) groups is 1. The first-order chi connectivity index (χ1) is 15.7. The molecule has 7 nitrogen and oxygen atoms in total. The molecule has 0 saturated heterocycles. The maximum Gasteiger partial charge on any atom is 0.254 e. The van der Waals surface area contributed by atoms with Crippen molar-refractivity contribution < 1.29 is 22.7 Å². The van der Waals surface area contributed by atoms with Gasteiger partial charge in [0.1, 0.15) is 13.2 Å². The number of fused-ring (bicyclic) bond motifs is 3. The van der Waals surface area contributed by atoms with Crippen molar-refractivity contribution >= 4 is 15.9 Å². The molecule has 1 fully saturated rings. The smallest absolute Gasteiger partial charge is 0.254 e. The molecule has 3 aliphatic rings. The molecule has 1 saturated carbocycles. The summed E-state index contributed by atoms with van der Waals surface area (Å²) < 4.78 is 37.7. The zero-order valence-electron chi connectivity index (χ0n) is 19.3. The lowest BCUT2D eigenvalue weighted by Crippen LogP contribution is -2.48. The van der Waals surface area contributed by atoms with Crippen molar-refractivity contribution in [1.82, 2.24) is 9.21 Å². The highest BCUT2D eigenvalue weighted by atomic mass is 32.2. The van der Waals surface area contributed by atoms with Gasteiger partial charge in [-0.1, -0.05) is 12.8 Å². The molecule has 0 bridgehead atoms. The van der Waals surface area contributed by atoms with Gasteiger partial charge in [-0.15, -0.1) is 0 Å². The summed E-state index contributed by atoms with van der Waals surface area (Å²) in [6.45, 7) is 3.78. The Labute approximate surface area is 195 Å². The van der Waals surface area contributed by atoms with E-state index >= 15 is 0 Å². The summed E-state index contributed by atoms with van der Waals surface area (Å²) in [5.41, 5.74) is 2.82. The van der Waals surface area contributed by atoms with E-state index in [1.165, 1.54) is 36.1 Å². The maximum atomic E-state index is 13.7. The Hall–Kier alpha value is -2.58. The van der Waals surface area contributed by atoms with E-state index in [9.17, 15) is 13.2 Å². The van der Waals surface area contributed by atoms with Gasteiger partial charge in [0.15, 0.2) is 11.5 Å². The van der Waals surface area contributed by atoms with Crippen molar-refractivity contribution in [3.63, 3.8) is 0 Å². The fourth-order valence-electron chi connectivity index (χ4n) is 5.50. The second-order valence-electron chi connectivity index (χ2n) is 9.49. The molecular weight excluding hydrogens is 440 g/mol. The van der Waals surface area contributed by atoms with Crippen LogP contribution in [0, 0.1) is 0 Å². The predicted octanol–water partition coefficient (Wildman–Crippen LogP) is 3.74. The number of hydrogen-bond acceptors (Lipinski definition) is 5. The fraction of sp³-hybridized carbons (Fsp3) is 0.480. The van der Waals surface area contributed by atoms with Gasteiger partial charge in [-0.05, 0) is 67.3 Å². The Bertz CT molecular complexity index is 1180. The van der Waals surface area contributed by atoms with E-state index < -0.39 is 10.0 Å². The van der Waals surface area contributed by atoms with Crippen molar-refractivity contribution in [3.05, 3.63) is 53.1 Å². The number of carbonyl (C=O) groups excluding carboxylic acids is 1. The van der Waals surface area contributed by atoms with Gasteiger partial charge in [-0.25, -0.2) is 12.7 Å². The molecule has 2 aliphatic heterocycles. The summed E-state index contributed by atoms with van der Waals surface area (Å²) >= 11 is 0. The van der Waals surface area contributed by atoms with Crippen molar-refractivity contribution in [3.8, 4) is 11.5 Å². The number of sulfonamides is 1. The van der Waals surface area contributed by atoms with Crippen LogP contribution in [0.15, 0.2) is 41.3 Å². The van der Waals surface area contributed by atoms with Crippen LogP contribution in [0.4, 0.5) is 0 Å². The van der Waals surface area contributed by atoms with E-state index in [4.69, 9.17) is 9.47 Å². The third-order valence-corrected chi connectivity index (χ3v) is 9.21. The SMILES string of the molecule is C[C@@H]1c2cc3c(cc2C2(CCCC2)CN1C(=O)c1ccc(S(=O)(=O)N(C)C)cc1)OCCO3. The number of nitrogens with zero attached hydrogens (tertiary/aromatic N) is 2. The quantitative estimate of drug-likeness (QED) is 0.683. The van der Waals surface area contributed by atoms with Crippen molar-refractivity contribution in [2.45, 2.75) is 49.0 Å². The minimum Gasteiger partial charge on any atom is -0.486 e. The third kappa shape index (κ3) is 3.60. The molecule has 2 aromatic rings. The van der Waals surface area contributed by atoms with Crippen LogP contribution in [0.1, 0.15) is 60.1 Å². The average Bonchev–Trinajstić information content (AvgIpc) is 3.29. The second-order valence-corrected chi connectivity index (χ2v) is 11.6. The maximum absolute atomic E-state index is 13.7. The summed E-state index contributed by atoms with van der Waals surface area (Å²) in [6.07, 6.45) is 4.36. The van der Waals surface area contributed by atoms with Gasteiger partial charge >= 0.3 is 0 Å². The fourth-order valence-corrected chi connectivity index (χ4v) is 6.40. The van der Waals surface area contributed by atoms with E-state index in [1.54, 1.807) is 12.1 Å². The van der Waals surface area contributed by atoms with Crippen LogP contribution >= 0.6 is 0 Å². The van der Waals surface area contributed by atoms with Crippen LogP contribution in [-0.2, 0) is 15.4 Å². The minimum absolute atomic E-state index is 0.0804. The molecule has 5 rings (SSSR count). The molecule has 8 heteroatoms. The second kappa shape index (κ2) is 8.02. The lowest BCUT2D eigenvalue weighted by molar-refractivity contribution is 0.0593. The van der Waals surface area contributed by atoms with E-state index in [0.29, 0.717) is 25.3 Å². The normalized spacial score (nSPS) is 21.3. The van der Waals surface area contributed by atoms with E-state index in [1.807, 2.05) is 4.90 Å². The molecule has 2 heterocycles. The molecule has 0 aromatic heterocycles. The first kappa shape index (κ1) is 22.2. The minimum atomic E-state index is -3.54. The lowest BCUT2D eigenvalue weighted by Gasteiger charge is -2.46. The van der Waals surface area contributed by atoms with Crippen molar-refractivity contribution in [2.24, 2.45) is 0 Å². The van der Waals surface area contributed by atoms with Gasteiger partial charge in [0.2, 0.25) is 10.0 Å². The van der Waals surface area contributed by atoms with Gasteiger partial charge in [0, 0.05) is 31.6 Å². The van der Waals surface area contributed by atoms with Gasteiger partial charge in [-0.3, -0.25) is 4.79 Å². The summed E-state index contributed by atoms with van der Waals surface area (Å²) in [5.74, 6) is 1.46. The van der Waals surface area contributed by atoms with Crippen LogP contribution in [0.5, 0.6) is 11.5 Å². The first-order valence-corrected chi connectivity index (χ1v) is 12.9. The van der Waals surface area contributed by atoms with E-state index in [-0.39, 0.29) is 22.3 Å². The van der Waals surface area contributed by atoms with Crippen LogP contribution in [0.3, 0.4) is 0 Å². The van der Waals surface area contributed by atoms with Crippen molar-refractivity contribution in [1.29, 1.82) is 0 Å². The average molecular weight is 471 g/mol. The Morgan fingerprint density at radius 2 is 1.64 bits per heavy atom. The molecule has 33 heavy (non-hydrogen) atoms. The number of rotatable bonds is 3. The Kier molecular flexibility index (Phi) is 5.40. The molecule has 1 atom stereocenters. The molecule has 2 aromatic carbocycles. The monoisotopic (exact) mass is 470 g/mol. The standard InChI is InChI=1S/C25H30N2O5S/c1-17-20-14-22-23(32-13-12-31-22)15-21(20)25(10-4-5-11-25)16-27(17)24(28)18-6-8-19(9-7-18)33(29,30)26(2)3/h6-9,14-15,17H,4-5,10-13,16H2,1-3H3/t17-/m1/s1. The van der Waals surface area contributed by atoms with Gasteiger partial charge in [0.25, 0.3) is 5.91 Å². The molecule has 1 amide bonds. The summed E-state index contributed by atoms with van der Waals surface area (Å²) in [6, 6.07) is 10.3. The Morgan fingerprint density at radius 1 is 1.03 bits per heavy atom. The van der Waals surface area contributed by atoms with Crippen LogP contribution in [0.25, 0.3) is 0 Å². The molecule has 1 spiro atoms.